The van der Waals surface area contributed by atoms with Gasteiger partial charge in [-0.25, -0.2) is 0 Å². The maximum absolute atomic E-state index is 14.2. The SMILES string of the molecule is C[Si]1(C)c2cc3c4c(ccc3cc2C(=O)c2cc3ccc5c(c3cc21)CCCN5CCCCl)N(CCCCl)CCC4. The van der Waals surface area contributed by atoms with Crippen LogP contribution in [0.2, 0.25) is 13.1 Å². The van der Waals surface area contributed by atoms with Crippen molar-refractivity contribution in [2.75, 3.05) is 47.7 Å². The minimum Gasteiger partial charge on any atom is -0.371 e. The molecule has 0 saturated heterocycles. The van der Waals surface area contributed by atoms with Gasteiger partial charge in [-0.05, 0) is 106 Å². The fourth-order valence-electron chi connectivity index (χ4n) is 7.76. The summed E-state index contributed by atoms with van der Waals surface area (Å²) in [6.07, 6.45) is 6.49. The largest absolute Gasteiger partial charge is 0.371 e. The van der Waals surface area contributed by atoms with E-state index in [2.05, 4.69) is 71.4 Å². The highest BCUT2D eigenvalue weighted by Gasteiger charge is 2.39. The number of nitrogens with zero attached hydrogens (tertiary/aromatic N) is 2. The van der Waals surface area contributed by atoms with E-state index in [1.54, 1.807) is 0 Å². The van der Waals surface area contributed by atoms with Gasteiger partial charge >= 0.3 is 0 Å². The van der Waals surface area contributed by atoms with Crippen LogP contribution < -0.4 is 20.2 Å². The Morgan fingerprint density at radius 1 is 0.707 bits per heavy atom. The molecule has 7 rings (SSSR count). The second kappa shape index (κ2) is 10.6. The second-order valence-corrected chi connectivity index (χ2v) is 17.7. The molecule has 3 aliphatic rings. The van der Waals surface area contributed by atoms with E-state index in [1.807, 2.05) is 0 Å². The number of carbonyl (C=O) groups is 1. The molecule has 4 aromatic rings. The smallest absolute Gasteiger partial charge is 0.192 e. The number of anilines is 2. The van der Waals surface area contributed by atoms with Crippen LogP contribution in [0.25, 0.3) is 21.5 Å². The number of rotatable bonds is 6. The molecule has 0 spiro atoms. The predicted octanol–water partition coefficient (Wildman–Crippen LogP) is 7.12. The third-order valence-corrected chi connectivity index (χ3v) is 13.9. The number of fused-ring (bicyclic) bond motifs is 8. The van der Waals surface area contributed by atoms with Crippen LogP contribution in [0, 0.1) is 0 Å². The monoisotopic (exact) mass is 600 g/mol. The van der Waals surface area contributed by atoms with Crippen LogP contribution in [0.4, 0.5) is 11.4 Å². The molecule has 0 amide bonds. The van der Waals surface area contributed by atoms with E-state index in [4.69, 9.17) is 23.2 Å². The lowest BCUT2D eigenvalue weighted by molar-refractivity contribution is 0.104. The summed E-state index contributed by atoms with van der Waals surface area (Å²) in [5, 5.41) is 7.64. The lowest BCUT2D eigenvalue weighted by atomic mass is 9.90. The molecule has 0 radical (unpaired) electrons. The molecule has 0 fully saturated rings. The minimum absolute atomic E-state index is 0.188. The van der Waals surface area contributed by atoms with E-state index in [9.17, 15) is 4.79 Å². The maximum Gasteiger partial charge on any atom is 0.192 e. The van der Waals surface area contributed by atoms with Crippen LogP contribution in [-0.4, -0.2) is 51.8 Å². The number of benzene rings is 4. The molecule has 212 valence electrons. The van der Waals surface area contributed by atoms with E-state index < -0.39 is 8.07 Å². The topological polar surface area (TPSA) is 23.6 Å². The Morgan fingerprint density at radius 2 is 1.17 bits per heavy atom. The lowest BCUT2D eigenvalue weighted by Crippen LogP contribution is -2.59. The van der Waals surface area contributed by atoms with Crippen LogP contribution >= 0.6 is 23.2 Å². The van der Waals surface area contributed by atoms with Crippen molar-refractivity contribution in [2.45, 2.75) is 51.6 Å². The Morgan fingerprint density at radius 3 is 1.61 bits per heavy atom. The summed E-state index contributed by atoms with van der Waals surface area (Å²) < 4.78 is 0. The molecule has 4 aromatic carbocycles. The zero-order valence-electron chi connectivity index (χ0n) is 24.2. The molecule has 3 aliphatic heterocycles. The Hall–Kier alpha value is -2.53. The first-order valence-electron chi connectivity index (χ1n) is 15.3. The summed E-state index contributed by atoms with van der Waals surface area (Å²) in [7, 11) is -2.16. The molecule has 3 heterocycles. The van der Waals surface area contributed by atoms with Crippen LogP contribution in [0.5, 0.6) is 0 Å². The first kappa shape index (κ1) is 27.3. The highest BCUT2D eigenvalue weighted by molar-refractivity contribution is 7.02. The van der Waals surface area contributed by atoms with Gasteiger partial charge in [-0.2, -0.15) is 0 Å². The molecule has 6 heteroatoms. The van der Waals surface area contributed by atoms with E-state index >= 15 is 0 Å². The van der Waals surface area contributed by atoms with Gasteiger partial charge in [-0.1, -0.05) is 37.4 Å². The van der Waals surface area contributed by atoms with E-state index in [-0.39, 0.29) is 5.78 Å². The standard InChI is InChI=1S/C35H38Cl2N2OSi/c1-41(2)33-21-27-23(9-11-31-25(27)7-3-15-38(31)17-5-13-36)19-29(33)35(40)30-20-24-10-12-32-26(28(24)22-34(30)41)8-4-16-39(32)18-6-14-37/h9-12,19-22H,3-8,13-18H2,1-2H3. The summed E-state index contributed by atoms with van der Waals surface area (Å²) in [6.45, 7) is 9.07. The molecule has 0 atom stereocenters. The molecule has 3 nitrogen and oxygen atoms in total. The van der Waals surface area contributed by atoms with Crippen LogP contribution in [0.1, 0.15) is 52.7 Å². The van der Waals surface area contributed by atoms with Gasteiger partial charge in [0.05, 0.1) is 0 Å². The number of aryl methyl sites for hydroxylation is 2. The Labute approximate surface area is 254 Å². The zero-order valence-corrected chi connectivity index (χ0v) is 26.7. The van der Waals surface area contributed by atoms with Crippen molar-refractivity contribution in [3.05, 3.63) is 70.8 Å². The third kappa shape index (κ3) is 4.40. The molecule has 0 aliphatic carbocycles. The second-order valence-electron chi connectivity index (χ2n) is 12.6. The number of carbonyl (C=O) groups excluding carboxylic acids is 1. The van der Waals surface area contributed by atoms with Crippen molar-refractivity contribution in [2.24, 2.45) is 0 Å². The van der Waals surface area contributed by atoms with E-state index in [0.29, 0.717) is 11.8 Å². The zero-order chi connectivity index (χ0) is 28.3. The normalized spacial score (nSPS) is 17.4. The Balaban J connectivity index is 1.38. The molecule has 0 bridgehead atoms. The van der Waals surface area contributed by atoms with Gasteiger partial charge in [0.2, 0.25) is 0 Å². The van der Waals surface area contributed by atoms with Gasteiger partial charge in [0.1, 0.15) is 8.07 Å². The fraction of sp³-hybridized carbons (Fsp3) is 0.400. The van der Waals surface area contributed by atoms with Gasteiger partial charge in [-0.15, -0.1) is 23.2 Å². The molecule has 0 unspecified atom stereocenters. The third-order valence-electron chi connectivity index (χ3n) is 9.84. The quantitative estimate of drug-likeness (QED) is 0.174. The summed E-state index contributed by atoms with van der Waals surface area (Å²) in [5.41, 5.74) is 7.43. The van der Waals surface area contributed by atoms with Crippen LogP contribution in [-0.2, 0) is 12.8 Å². The van der Waals surface area contributed by atoms with Crippen molar-refractivity contribution < 1.29 is 4.79 Å². The highest BCUT2D eigenvalue weighted by Crippen LogP contribution is 2.38. The summed E-state index contributed by atoms with van der Waals surface area (Å²) in [6, 6.07) is 18.2. The molecule has 0 saturated carbocycles. The Kier molecular flexibility index (Phi) is 7.08. The highest BCUT2D eigenvalue weighted by atomic mass is 35.5. The predicted molar refractivity (Wildman–Crippen MR) is 180 cm³/mol. The van der Waals surface area contributed by atoms with Gasteiger partial charge in [0.15, 0.2) is 5.78 Å². The van der Waals surface area contributed by atoms with Crippen molar-refractivity contribution in [1.82, 2.24) is 0 Å². The van der Waals surface area contributed by atoms with Gasteiger partial charge < -0.3 is 9.80 Å². The van der Waals surface area contributed by atoms with Gasteiger partial charge in [0, 0.05) is 60.4 Å². The first-order valence-corrected chi connectivity index (χ1v) is 19.4. The van der Waals surface area contributed by atoms with Crippen LogP contribution in [0.15, 0.2) is 48.5 Å². The van der Waals surface area contributed by atoms with Crippen molar-refractivity contribution in [3.8, 4) is 0 Å². The number of ketones is 1. The average Bonchev–Trinajstić information content (AvgIpc) is 3.00. The first-order chi connectivity index (χ1) is 19.9. The number of hydrogen-bond acceptors (Lipinski definition) is 3. The molecular weight excluding hydrogens is 563 g/mol. The van der Waals surface area contributed by atoms with E-state index in [1.165, 1.54) is 54.4 Å². The number of halogens is 2. The van der Waals surface area contributed by atoms with Crippen molar-refractivity contribution >= 4 is 80.4 Å². The number of alkyl halides is 2. The molecule has 0 N–H and O–H groups in total. The average molecular weight is 602 g/mol. The fourth-order valence-corrected chi connectivity index (χ4v) is 11.0. The van der Waals surface area contributed by atoms with Crippen molar-refractivity contribution in [1.29, 1.82) is 0 Å². The summed E-state index contributed by atoms with van der Waals surface area (Å²) in [4.78, 5) is 19.2. The molecule has 0 aromatic heterocycles. The van der Waals surface area contributed by atoms with E-state index in [0.717, 1.165) is 75.8 Å². The van der Waals surface area contributed by atoms with Gasteiger partial charge in [-0.3, -0.25) is 4.79 Å². The minimum atomic E-state index is -2.16. The van der Waals surface area contributed by atoms with Gasteiger partial charge in [0.25, 0.3) is 0 Å². The Bertz CT molecular complexity index is 1580. The van der Waals surface area contributed by atoms with Crippen LogP contribution in [0.3, 0.4) is 0 Å². The summed E-state index contributed by atoms with van der Waals surface area (Å²) in [5.74, 6) is 1.57. The van der Waals surface area contributed by atoms with Crippen molar-refractivity contribution in [3.63, 3.8) is 0 Å². The maximum atomic E-state index is 14.2. The molecular formula is C35H38Cl2N2OSi. The summed E-state index contributed by atoms with van der Waals surface area (Å²) >= 11 is 12.1. The number of hydrogen-bond donors (Lipinski definition) is 0. The lowest BCUT2D eigenvalue weighted by Gasteiger charge is -2.36. The molecule has 41 heavy (non-hydrogen) atoms.